The molecule has 0 saturated heterocycles. The molecule has 0 fully saturated rings. The van der Waals surface area contributed by atoms with Crippen LogP contribution in [0.1, 0.15) is 17.3 Å². The number of carbonyl (C=O) groups excluding carboxylic acids is 1. The average Bonchev–Trinajstić information content (AvgIpc) is 2.28. The van der Waals surface area contributed by atoms with Gasteiger partial charge in [0.2, 0.25) is 5.60 Å². The van der Waals surface area contributed by atoms with Gasteiger partial charge >= 0.3 is 12.1 Å². The molecule has 0 aliphatic carbocycles. The van der Waals surface area contributed by atoms with Gasteiger partial charge in [0.05, 0.1) is 5.56 Å². The molecule has 1 unspecified atom stereocenters. The Kier molecular flexibility index (Phi) is 3.85. The average molecular weight is 277 g/mol. The SMILES string of the molecule is CC(O)(C(=O)Nc1ccc(C(=O)O)cc1)C(F)(F)F. The number of carboxylic acids is 1. The molecule has 0 aliphatic rings. The molecule has 1 rings (SSSR count). The van der Waals surface area contributed by atoms with Crippen LogP contribution in [0.4, 0.5) is 18.9 Å². The van der Waals surface area contributed by atoms with Crippen molar-refractivity contribution in [1.82, 2.24) is 0 Å². The van der Waals surface area contributed by atoms with Crippen molar-refractivity contribution < 1.29 is 33.0 Å². The number of anilines is 1. The summed E-state index contributed by atoms with van der Waals surface area (Å²) in [5, 5.41) is 19.6. The number of carboxylic acid groups (broad SMARTS) is 1. The summed E-state index contributed by atoms with van der Waals surface area (Å²) in [7, 11) is 0. The summed E-state index contributed by atoms with van der Waals surface area (Å²) in [6.45, 7) is 0.327. The van der Waals surface area contributed by atoms with E-state index in [9.17, 15) is 22.8 Å². The highest BCUT2D eigenvalue weighted by Crippen LogP contribution is 2.31. The standard InChI is InChI=1S/C11H10F3NO4/c1-10(19,11(12,13)14)9(18)15-7-4-2-6(3-5-7)8(16)17/h2-5,19H,1H3,(H,15,18)(H,16,17). The van der Waals surface area contributed by atoms with Gasteiger partial charge in [-0.15, -0.1) is 0 Å². The largest absolute Gasteiger partial charge is 0.478 e. The summed E-state index contributed by atoms with van der Waals surface area (Å²) in [5.41, 5.74) is -3.67. The fourth-order valence-corrected chi connectivity index (χ4v) is 1.08. The van der Waals surface area contributed by atoms with Gasteiger partial charge in [-0.05, 0) is 31.2 Å². The molecule has 1 aromatic rings. The molecule has 0 bridgehead atoms. The molecule has 0 spiro atoms. The number of carbonyl (C=O) groups is 2. The lowest BCUT2D eigenvalue weighted by Gasteiger charge is -2.24. The van der Waals surface area contributed by atoms with E-state index in [-0.39, 0.29) is 11.3 Å². The van der Waals surface area contributed by atoms with E-state index in [1.165, 1.54) is 0 Å². The van der Waals surface area contributed by atoms with Crippen LogP contribution >= 0.6 is 0 Å². The first-order chi connectivity index (χ1) is 8.55. The number of aliphatic hydroxyl groups is 1. The summed E-state index contributed by atoms with van der Waals surface area (Å²) < 4.78 is 37.1. The van der Waals surface area contributed by atoms with E-state index in [2.05, 4.69) is 0 Å². The quantitative estimate of drug-likeness (QED) is 0.783. The highest BCUT2D eigenvalue weighted by Gasteiger charge is 2.55. The number of halogens is 3. The monoisotopic (exact) mass is 277 g/mol. The molecular formula is C11H10F3NO4. The molecule has 19 heavy (non-hydrogen) atoms. The first kappa shape index (κ1) is 15.0. The van der Waals surface area contributed by atoms with E-state index in [4.69, 9.17) is 10.2 Å². The summed E-state index contributed by atoms with van der Waals surface area (Å²) in [4.78, 5) is 21.9. The van der Waals surface area contributed by atoms with E-state index in [1.54, 1.807) is 0 Å². The maximum absolute atomic E-state index is 12.4. The lowest BCUT2D eigenvalue weighted by Crippen LogP contribution is -2.52. The van der Waals surface area contributed by atoms with Crippen LogP contribution < -0.4 is 5.32 Å². The van der Waals surface area contributed by atoms with Crippen molar-refractivity contribution in [3.63, 3.8) is 0 Å². The van der Waals surface area contributed by atoms with Crippen molar-refractivity contribution >= 4 is 17.6 Å². The van der Waals surface area contributed by atoms with Crippen molar-refractivity contribution in [3.05, 3.63) is 29.8 Å². The van der Waals surface area contributed by atoms with Gasteiger partial charge in [0.15, 0.2) is 0 Å². The number of hydrogen-bond acceptors (Lipinski definition) is 3. The highest BCUT2D eigenvalue weighted by molar-refractivity contribution is 5.98. The van der Waals surface area contributed by atoms with E-state index in [0.717, 1.165) is 24.3 Å². The van der Waals surface area contributed by atoms with Gasteiger partial charge in [-0.2, -0.15) is 13.2 Å². The van der Waals surface area contributed by atoms with Crippen LogP contribution in [0.3, 0.4) is 0 Å². The number of aromatic carboxylic acids is 1. The summed E-state index contributed by atoms with van der Waals surface area (Å²) in [6.07, 6.45) is -5.11. The topological polar surface area (TPSA) is 86.6 Å². The van der Waals surface area contributed by atoms with Crippen LogP contribution in [0.15, 0.2) is 24.3 Å². The Hall–Kier alpha value is -2.09. The Morgan fingerprint density at radius 1 is 1.16 bits per heavy atom. The molecule has 3 N–H and O–H groups in total. The van der Waals surface area contributed by atoms with Gasteiger partial charge in [0, 0.05) is 5.69 Å². The molecule has 0 aromatic heterocycles. The number of alkyl halides is 3. The van der Waals surface area contributed by atoms with Gasteiger partial charge in [0.1, 0.15) is 0 Å². The normalized spacial score (nSPS) is 14.6. The van der Waals surface area contributed by atoms with Crippen molar-refractivity contribution in [2.75, 3.05) is 5.32 Å². The third-order valence-corrected chi connectivity index (χ3v) is 2.38. The molecule has 1 atom stereocenters. The van der Waals surface area contributed by atoms with Crippen LogP contribution in [0, 0.1) is 0 Å². The molecule has 0 heterocycles. The molecule has 0 aliphatic heterocycles. The van der Waals surface area contributed by atoms with Crippen molar-refractivity contribution in [1.29, 1.82) is 0 Å². The van der Waals surface area contributed by atoms with Gasteiger partial charge in [-0.25, -0.2) is 4.79 Å². The summed E-state index contributed by atoms with van der Waals surface area (Å²) in [5.74, 6) is -2.86. The third kappa shape index (κ3) is 3.22. The summed E-state index contributed by atoms with van der Waals surface area (Å²) >= 11 is 0. The van der Waals surface area contributed by atoms with E-state index >= 15 is 0 Å². The van der Waals surface area contributed by atoms with Crippen LogP contribution in [-0.2, 0) is 4.79 Å². The minimum atomic E-state index is -5.11. The minimum Gasteiger partial charge on any atom is -0.478 e. The van der Waals surface area contributed by atoms with Crippen molar-refractivity contribution in [2.45, 2.75) is 18.7 Å². The molecule has 1 aromatic carbocycles. The van der Waals surface area contributed by atoms with Crippen LogP contribution in [0.5, 0.6) is 0 Å². The zero-order valence-corrected chi connectivity index (χ0v) is 9.65. The van der Waals surface area contributed by atoms with Crippen LogP contribution in [-0.4, -0.2) is 33.9 Å². The van der Waals surface area contributed by atoms with Gasteiger partial charge in [-0.3, -0.25) is 4.79 Å². The highest BCUT2D eigenvalue weighted by atomic mass is 19.4. The second-order valence-corrected chi connectivity index (χ2v) is 3.91. The zero-order chi connectivity index (χ0) is 14.8. The predicted octanol–water partition coefficient (Wildman–Crippen LogP) is 1.64. The fourth-order valence-electron chi connectivity index (χ4n) is 1.08. The van der Waals surface area contributed by atoms with Crippen molar-refractivity contribution in [2.24, 2.45) is 0 Å². The van der Waals surface area contributed by atoms with Gasteiger partial charge in [-0.1, -0.05) is 0 Å². The first-order valence-corrected chi connectivity index (χ1v) is 4.99. The molecule has 1 amide bonds. The van der Waals surface area contributed by atoms with Crippen LogP contribution in [0.2, 0.25) is 0 Å². The van der Waals surface area contributed by atoms with Gasteiger partial charge < -0.3 is 15.5 Å². The Morgan fingerprint density at radius 2 is 1.63 bits per heavy atom. The maximum atomic E-state index is 12.4. The van der Waals surface area contributed by atoms with E-state index < -0.39 is 23.7 Å². The molecule has 5 nitrogen and oxygen atoms in total. The lowest BCUT2D eigenvalue weighted by atomic mass is 10.1. The number of hydrogen-bond donors (Lipinski definition) is 3. The molecule has 104 valence electrons. The fraction of sp³-hybridized carbons (Fsp3) is 0.273. The lowest BCUT2D eigenvalue weighted by molar-refractivity contribution is -0.242. The molecule has 0 saturated carbocycles. The second-order valence-electron chi connectivity index (χ2n) is 3.91. The number of nitrogens with one attached hydrogen (secondary N) is 1. The van der Waals surface area contributed by atoms with E-state index in [0.29, 0.717) is 6.92 Å². The van der Waals surface area contributed by atoms with Gasteiger partial charge in [0.25, 0.3) is 5.91 Å². The smallest absolute Gasteiger partial charge is 0.426 e. The van der Waals surface area contributed by atoms with Crippen LogP contribution in [0.25, 0.3) is 0 Å². The minimum absolute atomic E-state index is 0.0560. The van der Waals surface area contributed by atoms with Crippen molar-refractivity contribution in [3.8, 4) is 0 Å². The third-order valence-electron chi connectivity index (χ3n) is 2.38. The Labute approximate surface area is 105 Å². The number of benzene rings is 1. The zero-order valence-electron chi connectivity index (χ0n) is 9.65. The molecular weight excluding hydrogens is 267 g/mol. The molecule has 8 heteroatoms. The Morgan fingerprint density at radius 3 is 2.00 bits per heavy atom. The Bertz CT molecular complexity index is 494. The Balaban J connectivity index is 2.86. The number of rotatable bonds is 3. The first-order valence-electron chi connectivity index (χ1n) is 4.99. The second kappa shape index (κ2) is 4.88. The van der Waals surface area contributed by atoms with E-state index in [1.807, 2.05) is 5.32 Å². The molecule has 0 radical (unpaired) electrons. The predicted molar refractivity (Wildman–Crippen MR) is 58.7 cm³/mol. The maximum Gasteiger partial charge on any atom is 0.426 e. The summed E-state index contributed by atoms with van der Waals surface area (Å²) in [6, 6.07) is 4.46. The number of amides is 1.